The average Bonchev–Trinajstić information content (AvgIpc) is 2.59. The van der Waals surface area contributed by atoms with Gasteiger partial charge >= 0.3 is 5.24 Å². The van der Waals surface area contributed by atoms with Gasteiger partial charge in [-0.15, -0.1) is 0 Å². The molecule has 24 heavy (non-hydrogen) atoms. The minimum Gasteiger partial charge on any atom is -0.489 e. The number of aryl methyl sites for hydroxylation is 2. The van der Waals surface area contributed by atoms with Crippen LogP contribution >= 0.6 is 23.4 Å². The molecule has 0 radical (unpaired) electrons. The van der Waals surface area contributed by atoms with E-state index in [1.165, 1.54) is 5.56 Å². The number of hydrogen-bond acceptors (Lipinski definition) is 4. The van der Waals surface area contributed by atoms with Gasteiger partial charge in [0.15, 0.2) is 0 Å². The Kier molecular flexibility index (Phi) is 6.54. The zero-order valence-corrected chi connectivity index (χ0v) is 15.4. The monoisotopic (exact) mass is 365 g/mol. The number of hydroxylamine groups is 1. The van der Waals surface area contributed by atoms with E-state index in [2.05, 4.69) is 13.0 Å². The van der Waals surface area contributed by atoms with Crippen LogP contribution in [0.15, 0.2) is 36.4 Å². The van der Waals surface area contributed by atoms with E-state index in [1.807, 2.05) is 19.1 Å². The topological polar surface area (TPSA) is 49.8 Å². The first-order valence-electron chi connectivity index (χ1n) is 7.54. The lowest BCUT2D eigenvalue weighted by Crippen LogP contribution is -2.24. The standard InChI is InChI=1S/C18H20ClNO3S/c1-4-13-8-9-16(12(2)10-13)23-11-14-6-5-7-15(19)17(14)20(22)18(21)24-3/h5-10,22H,4,11H2,1-3H3. The lowest BCUT2D eigenvalue weighted by Gasteiger charge is -2.19. The molecule has 2 aromatic rings. The smallest absolute Gasteiger partial charge is 0.309 e. The maximum absolute atomic E-state index is 11.8. The van der Waals surface area contributed by atoms with Crippen molar-refractivity contribution in [3.63, 3.8) is 0 Å². The SMILES string of the molecule is CCc1ccc(OCc2cccc(Cl)c2N(O)C(=O)SC)c(C)c1. The summed E-state index contributed by atoms with van der Waals surface area (Å²) in [4.78, 5) is 11.8. The first-order valence-corrected chi connectivity index (χ1v) is 9.14. The minimum absolute atomic E-state index is 0.195. The van der Waals surface area contributed by atoms with E-state index < -0.39 is 5.24 Å². The normalized spacial score (nSPS) is 10.5. The molecule has 0 saturated heterocycles. The van der Waals surface area contributed by atoms with Gasteiger partial charge in [0.05, 0.1) is 10.7 Å². The number of para-hydroxylation sites is 1. The molecule has 4 nitrogen and oxygen atoms in total. The first kappa shape index (κ1) is 18.6. The van der Waals surface area contributed by atoms with Gasteiger partial charge in [0.1, 0.15) is 12.4 Å². The summed E-state index contributed by atoms with van der Waals surface area (Å²) in [6.45, 7) is 4.29. The summed E-state index contributed by atoms with van der Waals surface area (Å²) in [6, 6.07) is 11.2. The number of benzene rings is 2. The Balaban J connectivity index is 2.24. The molecule has 2 aromatic carbocycles. The van der Waals surface area contributed by atoms with Gasteiger partial charge in [0.25, 0.3) is 0 Å². The summed E-state index contributed by atoms with van der Waals surface area (Å²) in [5.74, 6) is 0.763. The molecule has 2 rings (SSSR count). The molecule has 128 valence electrons. The number of anilines is 1. The van der Waals surface area contributed by atoms with Crippen molar-refractivity contribution in [2.75, 3.05) is 11.3 Å². The van der Waals surface area contributed by atoms with Crippen LogP contribution in [0.1, 0.15) is 23.6 Å². The van der Waals surface area contributed by atoms with Crippen LogP contribution in [0.5, 0.6) is 5.75 Å². The Labute approximate surface area is 151 Å². The van der Waals surface area contributed by atoms with Gasteiger partial charge in [0.2, 0.25) is 0 Å². The molecular formula is C18H20ClNO3S. The highest BCUT2D eigenvalue weighted by Crippen LogP contribution is 2.32. The summed E-state index contributed by atoms with van der Waals surface area (Å²) in [5, 5.41) is 10.4. The van der Waals surface area contributed by atoms with Crippen LogP contribution in [0.25, 0.3) is 0 Å². The van der Waals surface area contributed by atoms with Crippen molar-refractivity contribution in [1.29, 1.82) is 0 Å². The molecule has 0 aromatic heterocycles. The van der Waals surface area contributed by atoms with Crippen molar-refractivity contribution in [2.24, 2.45) is 0 Å². The molecule has 0 atom stereocenters. The first-order chi connectivity index (χ1) is 11.5. The van der Waals surface area contributed by atoms with Crippen molar-refractivity contribution in [3.8, 4) is 5.75 Å². The van der Waals surface area contributed by atoms with Crippen LogP contribution in [-0.2, 0) is 13.0 Å². The van der Waals surface area contributed by atoms with Crippen LogP contribution < -0.4 is 9.80 Å². The number of carbonyl (C=O) groups is 1. The molecule has 1 N–H and O–H groups in total. The average molecular weight is 366 g/mol. The Morgan fingerprint density at radius 2 is 2.08 bits per heavy atom. The van der Waals surface area contributed by atoms with Crippen LogP contribution in [0.4, 0.5) is 10.5 Å². The maximum Gasteiger partial charge on any atom is 0.309 e. The molecule has 0 unspecified atom stereocenters. The van der Waals surface area contributed by atoms with E-state index in [-0.39, 0.29) is 12.3 Å². The molecule has 6 heteroatoms. The van der Waals surface area contributed by atoms with Crippen molar-refractivity contribution < 1.29 is 14.7 Å². The Bertz CT molecular complexity index is 736. The molecule has 1 amide bonds. The lowest BCUT2D eigenvalue weighted by atomic mass is 10.1. The third-order valence-corrected chi connectivity index (χ3v) is 4.49. The van der Waals surface area contributed by atoms with E-state index >= 15 is 0 Å². The molecule has 0 saturated carbocycles. The summed E-state index contributed by atoms with van der Waals surface area (Å²) >= 11 is 7.06. The molecule has 0 aliphatic heterocycles. The van der Waals surface area contributed by atoms with Crippen molar-refractivity contribution in [2.45, 2.75) is 26.9 Å². The lowest BCUT2D eigenvalue weighted by molar-refractivity contribution is 0.223. The van der Waals surface area contributed by atoms with E-state index in [9.17, 15) is 10.0 Å². The molecule has 0 aliphatic rings. The predicted molar refractivity (Wildman–Crippen MR) is 99.5 cm³/mol. The Morgan fingerprint density at radius 1 is 1.33 bits per heavy atom. The number of carbonyl (C=O) groups excluding carboxylic acids is 1. The van der Waals surface area contributed by atoms with E-state index in [4.69, 9.17) is 16.3 Å². The zero-order chi connectivity index (χ0) is 17.7. The molecule has 0 spiro atoms. The van der Waals surface area contributed by atoms with Crippen molar-refractivity contribution in [1.82, 2.24) is 0 Å². The summed E-state index contributed by atoms with van der Waals surface area (Å²) in [7, 11) is 0. The largest absolute Gasteiger partial charge is 0.489 e. The molecule has 0 aliphatic carbocycles. The number of thioether (sulfide) groups is 1. The van der Waals surface area contributed by atoms with Crippen LogP contribution in [0.2, 0.25) is 5.02 Å². The number of ether oxygens (including phenoxy) is 1. The Hall–Kier alpha value is -1.69. The summed E-state index contributed by atoms with van der Waals surface area (Å²) < 4.78 is 5.87. The second kappa shape index (κ2) is 8.42. The fraction of sp³-hybridized carbons (Fsp3) is 0.278. The third kappa shape index (κ3) is 4.23. The van der Waals surface area contributed by atoms with Gasteiger partial charge in [-0.2, -0.15) is 5.06 Å². The van der Waals surface area contributed by atoms with Crippen molar-refractivity contribution in [3.05, 3.63) is 58.1 Å². The number of rotatable bonds is 5. The molecule has 0 fully saturated rings. The van der Waals surface area contributed by atoms with Gasteiger partial charge in [-0.25, -0.2) is 0 Å². The highest BCUT2D eigenvalue weighted by Gasteiger charge is 2.19. The number of halogens is 1. The number of nitrogens with zero attached hydrogens (tertiary/aromatic N) is 1. The van der Waals surface area contributed by atoms with Gasteiger partial charge in [-0.3, -0.25) is 10.0 Å². The van der Waals surface area contributed by atoms with Crippen LogP contribution in [0, 0.1) is 6.92 Å². The minimum atomic E-state index is -0.507. The predicted octanol–water partition coefficient (Wildman–Crippen LogP) is 5.47. The van der Waals surface area contributed by atoms with Crippen molar-refractivity contribution >= 4 is 34.3 Å². The fourth-order valence-electron chi connectivity index (χ4n) is 2.34. The maximum atomic E-state index is 11.8. The third-order valence-electron chi connectivity index (χ3n) is 3.66. The van der Waals surface area contributed by atoms with Gasteiger partial charge in [-0.1, -0.05) is 54.6 Å². The van der Waals surface area contributed by atoms with E-state index in [0.29, 0.717) is 15.6 Å². The quantitative estimate of drug-likeness (QED) is 0.564. The van der Waals surface area contributed by atoms with Crippen LogP contribution in [-0.4, -0.2) is 16.7 Å². The second-order valence-electron chi connectivity index (χ2n) is 5.27. The Morgan fingerprint density at radius 3 is 2.71 bits per heavy atom. The molecular weight excluding hydrogens is 346 g/mol. The van der Waals surface area contributed by atoms with Gasteiger partial charge < -0.3 is 4.74 Å². The second-order valence-corrected chi connectivity index (χ2v) is 6.44. The highest BCUT2D eigenvalue weighted by atomic mass is 35.5. The van der Waals surface area contributed by atoms with Gasteiger partial charge in [-0.05, 0) is 42.9 Å². The van der Waals surface area contributed by atoms with Gasteiger partial charge in [0, 0.05) is 5.56 Å². The molecule has 0 heterocycles. The number of hydrogen-bond donors (Lipinski definition) is 1. The fourth-order valence-corrected chi connectivity index (χ4v) is 2.88. The van der Waals surface area contributed by atoms with Crippen LogP contribution in [0.3, 0.4) is 0 Å². The summed E-state index contributed by atoms with van der Waals surface area (Å²) in [5.41, 5.74) is 3.17. The molecule has 0 bridgehead atoms. The highest BCUT2D eigenvalue weighted by molar-refractivity contribution is 8.13. The van der Waals surface area contributed by atoms with E-state index in [1.54, 1.807) is 24.5 Å². The van der Waals surface area contributed by atoms with E-state index in [0.717, 1.165) is 29.5 Å². The summed E-state index contributed by atoms with van der Waals surface area (Å²) in [6.07, 6.45) is 2.56. The zero-order valence-electron chi connectivity index (χ0n) is 13.9. The number of amides is 1.